The summed E-state index contributed by atoms with van der Waals surface area (Å²) in [5, 5.41) is 8.78. The van der Waals surface area contributed by atoms with E-state index in [0.29, 0.717) is 11.5 Å². The van der Waals surface area contributed by atoms with Gasteiger partial charge in [-0.1, -0.05) is 12.1 Å². The first-order valence-corrected chi connectivity index (χ1v) is 8.80. The van der Waals surface area contributed by atoms with Crippen LogP contribution in [0.2, 0.25) is 0 Å². The highest BCUT2D eigenvalue weighted by Gasteiger charge is 2.18. The maximum atomic E-state index is 12.2. The molecule has 2 aromatic rings. The zero-order valence-corrected chi connectivity index (χ0v) is 14.5. The molecule has 0 saturated heterocycles. The SMILES string of the molecule is COc1ccccc1OC(C)CNS(=O)(=O)c1ccc(C(=O)O)nc1. The Hall–Kier alpha value is -2.65. The Morgan fingerprint density at radius 1 is 1.24 bits per heavy atom. The summed E-state index contributed by atoms with van der Waals surface area (Å²) in [7, 11) is -2.31. The molecule has 1 heterocycles. The van der Waals surface area contributed by atoms with E-state index in [1.54, 1.807) is 31.2 Å². The van der Waals surface area contributed by atoms with Crippen LogP contribution in [0.1, 0.15) is 17.4 Å². The van der Waals surface area contributed by atoms with Gasteiger partial charge in [0, 0.05) is 12.7 Å². The van der Waals surface area contributed by atoms with Gasteiger partial charge in [-0.05, 0) is 31.2 Å². The van der Waals surface area contributed by atoms with Crippen LogP contribution in [0.15, 0.2) is 47.5 Å². The van der Waals surface area contributed by atoms with E-state index in [1.807, 2.05) is 0 Å². The van der Waals surface area contributed by atoms with Crippen molar-refractivity contribution >= 4 is 16.0 Å². The van der Waals surface area contributed by atoms with Crippen molar-refractivity contribution in [1.29, 1.82) is 0 Å². The minimum absolute atomic E-state index is 0.0149. The van der Waals surface area contributed by atoms with Gasteiger partial charge in [-0.15, -0.1) is 0 Å². The van der Waals surface area contributed by atoms with E-state index in [2.05, 4.69) is 9.71 Å². The predicted molar refractivity (Wildman–Crippen MR) is 89.5 cm³/mol. The number of methoxy groups -OCH3 is 1. The molecule has 0 aliphatic carbocycles. The minimum Gasteiger partial charge on any atom is -0.493 e. The monoisotopic (exact) mass is 366 g/mol. The van der Waals surface area contributed by atoms with Crippen LogP contribution in [0.5, 0.6) is 11.5 Å². The summed E-state index contributed by atoms with van der Waals surface area (Å²) in [5.41, 5.74) is -0.230. The van der Waals surface area contributed by atoms with E-state index in [9.17, 15) is 13.2 Å². The number of aromatic carboxylic acids is 1. The van der Waals surface area contributed by atoms with E-state index in [0.717, 1.165) is 12.3 Å². The predicted octanol–water partition coefficient (Wildman–Crippen LogP) is 1.53. The van der Waals surface area contributed by atoms with Crippen LogP contribution in [0, 0.1) is 0 Å². The molecule has 134 valence electrons. The average molecular weight is 366 g/mol. The molecule has 1 atom stereocenters. The highest BCUT2D eigenvalue weighted by Crippen LogP contribution is 2.26. The molecule has 0 aliphatic rings. The number of hydrogen-bond donors (Lipinski definition) is 2. The number of nitrogens with one attached hydrogen (secondary N) is 1. The summed E-state index contributed by atoms with van der Waals surface area (Å²) in [6.45, 7) is 1.72. The molecular weight excluding hydrogens is 348 g/mol. The zero-order chi connectivity index (χ0) is 18.4. The number of benzene rings is 1. The molecular formula is C16H18N2O6S. The standard InChI is InChI=1S/C16H18N2O6S/c1-11(24-15-6-4-3-5-14(15)23-2)9-18-25(21,22)12-7-8-13(16(19)20)17-10-12/h3-8,10-11,18H,9H2,1-2H3,(H,19,20). The Balaban J connectivity index is 2.00. The second kappa shape index (κ2) is 7.95. The van der Waals surface area contributed by atoms with Crippen LogP contribution in [0.4, 0.5) is 0 Å². The fourth-order valence-electron chi connectivity index (χ4n) is 1.95. The zero-order valence-electron chi connectivity index (χ0n) is 13.7. The summed E-state index contributed by atoms with van der Waals surface area (Å²) in [4.78, 5) is 14.2. The number of carboxylic acid groups (broad SMARTS) is 1. The minimum atomic E-state index is -3.82. The highest BCUT2D eigenvalue weighted by molar-refractivity contribution is 7.89. The maximum absolute atomic E-state index is 12.2. The van der Waals surface area contributed by atoms with Crippen molar-refractivity contribution in [3.8, 4) is 11.5 Å². The fourth-order valence-corrected chi connectivity index (χ4v) is 3.01. The first-order valence-electron chi connectivity index (χ1n) is 7.32. The number of sulfonamides is 1. The second-order valence-corrected chi connectivity index (χ2v) is 6.88. The molecule has 0 saturated carbocycles. The van der Waals surface area contributed by atoms with Crippen molar-refractivity contribution in [3.63, 3.8) is 0 Å². The number of hydrogen-bond acceptors (Lipinski definition) is 6. The number of pyridine rings is 1. The van der Waals surface area contributed by atoms with Crippen LogP contribution < -0.4 is 14.2 Å². The van der Waals surface area contributed by atoms with E-state index >= 15 is 0 Å². The van der Waals surface area contributed by atoms with E-state index < -0.39 is 22.1 Å². The quantitative estimate of drug-likeness (QED) is 0.728. The first kappa shape index (κ1) is 18.7. The van der Waals surface area contributed by atoms with Gasteiger partial charge < -0.3 is 14.6 Å². The number of rotatable bonds is 8. The first-order chi connectivity index (χ1) is 11.8. The van der Waals surface area contributed by atoms with Crippen LogP contribution in [-0.4, -0.2) is 44.2 Å². The molecule has 2 rings (SSSR count). The van der Waals surface area contributed by atoms with Crippen molar-refractivity contribution in [2.24, 2.45) is 0 Å². The largest absolute Gasteiger partial charge is 0.493 e. The average Bonchev–Trinajstić information content (AvgIpc) is 2.60. The number of ether oxygens (including phenoxy) is 2. The number of nitrogens with zero attached hydrogens (tertiary/aromatic N) is 1. The van der Waals surface area contributed by atoms with E-state index in [-0.39, 0.29) is 17.1 Å². The third kappa shape index (κ3) is 4.91. The lowest BCUT2D eigenvalue weighted by Gasteiger charge is -2.17. The van der Waals surface area contributed by atoms with Crippen LogP contribution in [0.25, 0.3) is 0 Å². The molecule has 0 radical (unpaired) electrons. The molecule has 0 aliphatic heterocycles. The van der Waals surface area contributed by atoms with Crippen molar-refractivity contribution in [1.82, 2.24) is 9.71 Å². The lowest BCUT2D eigenvalue weighted by atomic mass is 10.3. The topological polar surface area (TPSA) is 115 Å². The maximum Gasteiger partial charge on any atom is 0.354 e. The van der Waals surface area contributed by atoms with Crippen molar-refractivity contribution in [2.75, 3.05) is 13.7 Å². The molecule has 1 aromatic carbocycles. The summed E-state index contributed by atoms with van der Waals surface area (Å²) in [5.74, 6) is -0.175. The molecule has 1 unspecified atom stereocenters. The summed E-state index contributed by atoms with van der Waals surface area (Å²) >= 11 is 0. The van der Waals surface area contributed by atoms with Crippen LogP contribution >= 0.6 is 0 Å². The van der Waals surface area contributed by atoms with Crippen molar-refractivity contribution < 1.29 is 27.8 Å². The number of carboxylic acids is 1. The van der Waals surface area contributed by atoms with Crippen LogP contribution in [0.3, 0.4) is 0 Å². The number of aromatic nitrogens is 1. The highest BCUT2D eigenvalue weighted by atomic mass is 32.2. The molecule has 2 N–H and O–H groups in total. The molecule has 0 spiro atoms. The summed E-state index contributed by atoms with van der Waals surface area (Å²) < 4.78 is 37.7. The fraction of sp³-hybridized carbons (Fsp3) is 0.250. The smallest absolute Gasteiger partial charge is 0.354 e. The van der Waals surface area contributed by atoms with Gasteiger partial charge in [0.25, 0.3) is 0 Å². The van der Waals surface area contributed by atoms with Crippen molar-refractivity contribution in [3.05, 3.63) is 48.3 Å². The lowest BCUT2D eigenvalue weighted by molar-refractivity contribution is 0.0690. The second-order valence-electron chi connectivity index (χ2n) is 5.12. The van der Waals surface area contributed by atoms with Gasteiger partial charge in [0.1, 0.15) is 16.7 Å². The van der Waals surface area contributed by atoms with Gasteiger partial charge in [-0.25, -0.2) is 22.9 Å². The Labute approximate surface area is 145 Å². The Morgan fingerprint density at radius 3 is 2.48 bits per heavy atom. The molecule has 1 aromatic heterocycles. The van der Waals surface area contributed by atoms with Gasteiger partial charge in [-0.3, -0.25) is 0 Å². The molecule has 0 amide bonds. The number of para-hydroxylation sites is 2. The molecule has 9 heteroatoms. The van der Waals surface area contributed by atoms with Crippen molar-refractivity contribution in [2.45, 2.75) is 17.9 Å². The van der Waals surface area contributed by atoms with Gasteiger partial charge in [0.05, 0.1) is 7.11 Å². The summed E-state index contributed by atoms with van der Waals surface area (Å²) in [6, 6.07) is 9.35. The molecule has 25 heavy (non-hydrogen) atoms. The van der Waals surface area contributed by atoms with E-state index in [1.165, 1.54) is 13.2 Å². The molecule has 0 bridgehead atoms. The summed E-state index contributed by atoms with van der Waals surface area (Å²) in [6.07, 6.45) is 0.537. The van der Waals surface area contributed by atoms with Gasteiger partial charge in [0.2, 0.25) is 10.0 Å². The third-order valence-electron chi connectivity index (χ3n) is 3.22. The Kier molecular flexibility index (Phi) is 5.94. The Morgan fingerprint density at radius 2 is 1.92 bits per heavy atom. The molecule has 8 nitrogen and oxygen atoms in total. The van der Waals surface area contributed by atoms with Crippen LogP contribution in [-0.2, 0) is 10.0 Å². The van der Waals surface area contributed by atoms with E-state index in [4.69, 9.17) is 14.6 Å². The Bertz CT molecular complexity index is 836. The van der Waals surface area contributed by atoms with Gasteiger partial charge in [0.15, 0.2) is 11.5 Å². The lowest BCUT2D eigenvalue weighted by Crippen LogP contribution is -2.33. The number of carbonyl (C=O) groups is 1. The normalized spacial score (nSPS) is 12.4. The third-order valence-corrected chi connectivity index (χ3v) is 4.63. The van der Waals surface area contributed by atoms with Gasteiger partial charge in [-0.2, -0.15) is 0 Å². The van der Waals surface area contributed by atoms with Gasteiger partial charge >= 0.3 is 5.97 Å². The molecule has 0 fully saturated rings.